The van der Waals surface area contributed by atoms with E-state index in [0.717, 1.165) is 11.4 Å². The van der Waals surface area contributed by atoms with E-state index in [4.69, 9.17) is 19.7 Å². The Morgan fingerprint density at radius 1 is 1.41 bits per heavy atom. The van der Waals surface area contributed by atoms with Crippen molar-refractivity contribution >= 4 is 47.7 Å². The molecule has 2 aromatic heterocycles. The summed E-state index contributed by atoms with van der Waals surface area (Å²) < 4.78 is 30.1. The lowest BCUT2D eigenvalue weighted by Crippen LogP contribution is -2.44. The zero-order valence-electron chi connectivity index (χ0n) is 18.4. The molecule has 0 spiro atoms. The Morgan fingerprint density at radius 3 is 2.79 bits per heavy atom. The molecule has 1 unspecified atom stereocenters. The molecule has 2 aliphatic heterocycles. The van der Waals surface area contributed by atoms with Crippen LogP contribution < -0.4 is 15.8 Å². The summed E-state index contributed by atoms with van der Waals surface area (Å²) in [7, 11) is 0.155. The highest BCUT2D eigenvalue weighted by atomic mass is 32.7. The maximum absolute atomic E-state index is 12.3. The van der Waals surface area contributed by atoms with Crippen LogP contribution in [0.2, 0.25) is 0 Å². The third kappa shape index (κ3) is 4.32. The number of imidazole rings is 1. The van der Waals surface area contributed by atoms with Gasteiger partial charge in [-0.1, -0.05) is 11.4 Å². The minimum atomic E-state index is -2.70. The lowest BCUT2D eigenvalue weighted by Gasteiger charge is -2.27. The highest BCUT2D eigenvalue weighted by Crippen LogP contribution is 2.44. The molecule has 0 radical (unpaired) electrons. The third-order valence-electron chi connectivity index (χ3n) is 5.65. The molecule has 2 aromatic rings. The van der Waals surface area contributed by atoms with Crippen LogP contribution in [-0.2, 0) is 18.6 Å². The number of ether oxygens (including phenoxy) is 2. The number of hydrogen-bond acceptors (Lipinski definition) is 13. The number of nitrogens with two attached hydrogens (primary N) is 1. The first-order valence-electron chi connectivity index (χ1n) is 10.0. The number of rotatable bonds is 8. The van der Waals surface area contributed by atoms with Crippen LogP contribution in [0.4, 0.5) is 10.7 Å². The fourth-order valence-corrected chi connectivity index (χ4v) is 6.11. The topological polar surface area (TPSA) is 204 Å². The number of aromatic nitrogens is 4. The van der Waals surface area contributed by atoms with Gasteiger partial charge in [0.25, 0.3) is 5.91 Å². The van der Waals surface area contributed by atoms with Gasteiger partial charge in [-0.05, 0) is 6.92 Å². The second-order valence-corrected chi connectivity index (χ2v) is 11.2. The van der Waals surface area contributed by atoms with Gasteiger partial charge in [-0.3, -0.25) is 19.2 Å². The molecular formula is C17H24N7O8PS. The molecule has 4 rings (SSSR count). The Labute approximate surface area is 197 Å². The minimum Gasteiger partial charge on any atom is -0.479 e. The van der Waals surface area contributed by atoms with E-state index < -0.39 is 49.2 Å². The second-order valence-electron chi connectivity index (χ2n) is 7.91. The van der Waals surface area contributed by atoms with Crippen molar-refractivity contribution in [2.75, 3.05) is 32.3 Å². The van der Waals surface area contributed by atoms with Crippen molar-refractivity contribution in [1.29, 1.82) is 0 Å². The Balaban J connectivity index is 1.42. The van der Waals surface area contributed by atoms with Crippen molar-refractivity contribution in [3.05, 3.63) is 6.33 Å². The van der Waals surface area contributed by atoms with E-state index in [1.807, 2.05) is 0 Å². The third-order valence-corrected chi connectivity index (χ3v) is 8.33. The summed E-state index contributed by atoms with van der Waals surface area (Å²) in [6.45, 7) is 1.08. The average molecular weight is 517 g/mol. The van der Waals surface area contributed by atoms with E-state index in [1.54, 1.807) is 0 Å². The number of amides is 3. The van der Waals surface area contributed by atoms with Crippen molar-refractivity contribution in [3.63, 3.8) is 0 Å². The maximum Gasteiger partial charge on any atom is 0.324 e. The van der Waals surface area contributed by atoms with Crippen molar-refractivity contribution in [3.8, 4) is 5.88 Å². The molecule has 186 valence electrons. The summed E-state index contributed by atoms with van der Waals surface area (Å²) in [5.41, 5.74) is 4.45. The quantitative estimate of drug-likeness (QED) is 0.248. The molecule has 34 heavy (non-hydrogen) atoms. The van der Waals surface area contributed by atoms with Gasteiger partial charge in [0.15, 0.2) is 17.4 Å². The number of nitrogens with zero attached hydrogens (tertiary/aromatic N) is 5. The van der Waals surface area contributed by atoms with E-state index in [2.05, 4.69) is 20.3 Å². The van der Waals surface area contributed by atoms with Gasteiger partial charge in [0.05, 0.1) is 20.0 Å². The Hall–Kier alpha value is -2.49. The van der Waals surface area contributed by atoms with Crippen LogP contribution in [0.5, 0.6) is 5.88 Å². The van der Waals surface area contributed by atoms with Crippen LogP contribution >= 0.6 is 18.6 Å². The smallest absolute Gasteiger partial charge is 0.324 e. The lowest BCUT2D eigenvalue weighted by molar-refractivity contribution is -0.120. The number of urea groups is 1. The number of carbonyl (C=O) groups excluding carboxylic acids is 2. The van der Waals surface area contributed by atoms with Crippen molar-refractivity contribution in [2.45, 2.75) is 37.0 Å². The van der Waals surface area contributed by atoms with Crippen molar-refractivity contribution < 1.29 is 38.4 Å². The normalized spacial score (nSPS) is 30.2. The van der Waals surface area contributed by atoms with Gasteiger partial charge in [-0.2, -0.15) is 9.97 Å². The lowest BCUT2D eigenvalue weighted by atomic mass is 9.96. The molecule has 15 nitrogen and oxygen atoms in total. The molecule has 6 atom stereocenters. The van der Waals surface area contributed by atoms with Crippen LogP contribution in [0.3, 0.4) is 0 Å². The summed E-state index contributed by atoms with van der Waals surface area (Å²) >= 11 is 0.884. The molecule has 0 aliphatic carbocycles. The van der Waals surface area contributed by atoms with E-state index in [9.17, 15) is 24.4 Å². The molecule has 5 N–H and O–H groups in total. The average Bonchev–Trinajstić information content (AvgIpc) is 3.37. The largest absolute Gasteiger partial charge is 0.479 e. The zero-order valence-corrected chi connectivity index (χ0v) is 20.2. The number of aliphatic hydroxyl groups excluding tert-OH is 1. The Kier molecular flexibility index (Phi) is 6.72. The van der Waals surface area contributed by atoms with Gasteiger partial charge in [0.1, 0.15) is 23.9 Å². The van der Waals surface area contributed by atoms with Gasteiger partial charge >= 0.3 is 6.03 Å². The fourth-order valence-electron chi connectivity index (χ4n) is 3.72. The predicted octanol–water partition coefficient (Wildman–Crippen LogP) is -0.884. The molecule has 0 aromatic carbocycles. The highest BCUT2D eigenvalue weighted by Gasteiger charge is 2.53. The van der Waals surface area contributed by atoms with E-state index in [1.165, 1.54) is 36.9 Å². The molecule has 2 fully saturated rings. The number of nitrogen functional groups attached to an aromatic ring is 1. The number of likely N-dealkylation sites (N-methyl/N-ethyl adjacent to an activating group) is 1. The van der Waals surface area contributed by atoms with Gasteiger partial charge in [0, 0.05) is 12.8 Å². The molecule has 0 saturated carbocycles. The molecule has 0 bridgehead atoms. The Morgan fingerprint density at radius 2 is 2.15 bits per heavy atom. The Bertz CT molecular complexity index is 1150. The molecule has 17 heteroatoms. The predicted molar refractivity (Wildman–Crippen MR) is 119 cm³/mol. The van der Waals surface area contributed by atoms with Gasteiger partial charge < -0.3 is 34.8 Å². The van der Waals surface area contributed by atoms with Crippen molar-refractivity contribution in [2.24, 2.45) is 0 Å². The van der Waals surface area contributed by atoms with Crippen LogP contribution in [-0.4, -0.2) is 96.9 Å². The van der Waals surface area contributed by atoms with Crippen LogP contribution in [0.15, 0.2) is 6.33 Å². The van der Waals surface area contributed by atoms with Crippen LogP contribution in [0, 0.1) is 0 Å². The number of carbonyl (C=O) groups is 2. The molecule has 4 heterocycles. The monoisotopic (exact) mass is 517 g/mol. The van der Waals surface area contributed by atoms with Gasteiger partial charge in [0.2, 0.25) is 19.1 Å². The first-order chi connectivity index (χ1) is 16.0. The first kappa shape index (κ1) is 24.6. The number of nitrogens with one attached hydrogen (secondary N) is 1. The van der Waals surface area contributed by atoms with Crippen molar-refractivity contribution in [1.82, 2.24) is 29.7 Å². The second kappa shape index (κ2) is 9.28. The molecular weight excluding hydrogens is 493 g/mol. The summed E-state index contributed by atoms with van der Waals surface area (Å²) in [6.07, 6.45) is -2.22. The van der Waals surface area contributed by atoms with Gasteiger partial charge in [-0.25, -0.2) is 9.78 Å². The number of aliphatic hydroxyl groups is 2. The summed E-state index contributed by atoms with van der Waals surface area (Å²) in [5, 5.41) is 23.8. The number of fused-ring (bicyclic) bond motifs is 1. The van der Waals surface area contributed by atoms with Gasteiger partial charge in [-0.15, -0.1) is 0 Å². The molecule has 2 saturated heterocycles. The summed E-state index contributed by atoms with van der Waals surface area (Å²) in [4.78, 5) is 36.7. The first-order valence-corrected chi connectivity index (χ1v) is 13.0. The van der Waals surface area contributed by atoms with E-state index >= 15 is 0 Å². The standard InChI is InChI=1S/C17H24N7O8PS/c1-17(28)10(25)8(4-31-33(29)34-5-7-12(26)21-16(27)23(7)2)32-14(17)24-6-19-9-11(24)20-15(18)22-13(9)30-3/h6-8,10,14,25,28,33H,4-5H2,1-3H3,(H2,18,20,22)(H,21,26,27)/t7-,8-,10-,14-,17-/m1/s1. The van der Waals surface area contributed by atoms with E-state index in [0.29, 0.717) is 0 Å². The highest BCUT2D eigenvalue weighted by molar-refractivity contribution is 8.50. The molecule has 2 aliphatic rings. The SMILES string of the molecule is COc1nc(N)nc2c1ncn2[C@@H]1O[C@H](CO[PH](=O)SC[C@@H]2C(=O)NC(=O)N2C)[C@@H](O)[C@@]1(C)O. The van der Waals surface area contributed by atoms with Crippen LogP contribution in [0.25, 0.3) is 11.2 Å². The molecule has 3 amide bonds. The van der Waals surface area contributed by atoms with E-state index in [-0.39, 0.29) is 35.4 Å². The van der Waals surface area contributed by atoms with Crippen LogP contribution in [0.1, 0.15) is 13.2 Å². The summed E-state index contributed by atoms with van der Waals surface area (Å²) in [5.74, 6) is -0.345. The fraction of sp³-hybridized carbons (Fsp3) is 0.588. The number of hydrogen-bond donors (Lipinski definition) is 4. The zero-order chi connectivity index (χ0) is 24.8. The maximum atomic E-state index is 12.3. The number of methoxy groups -OCH3 is 1. The minimum absolute atomic E-state index is 0.0737. The number of anilines is 1. The number of imide groups is 1. The summed E-state index contributed by atoms with van der Waals surface area (Å²) in [6, 6.07) is -1.28.